The van der Waals surface area contributed by atoms with E-state index in [2.05, 4.69) is 15.5 Å². The first kappa shape index (κ1) is 27.4. The number of nitrogens with zero attached hydrogens (tertiary/aromatic N) is 3. The van der Waals surface area contributed by atoms with E-state index >= 15 is 0 Å². The van der Waals surface area contributed by atoms with Crippen LogP contribution in [0.4, 0.5) is 5.00 Å². The molecule has 0 spiro atoms. The fourth-order valence-corrected chi connectivity index (χ4v) is 6.50. The molecule has 0 radical (unpaired) electrons. The SMILES string of the molecule is CCn1c(CS(=O)(=O)c2ccccc2)nnc1SCC(=O)Nc1sc(C(=O)OC)c(C)c1C(=O)OC. The van der Waals surface area contributed by atoms with Crippen LogP contribution in [0.5, 0.6) is 0 Å². The van der Waals surface area contributed by atoms with E-state index in [0.29, 0.717) is 17.3 Å². The van der Waals surface area contributed by atoms with Crippen molar-refractivity contribution in [2.24, 2.45) is 0 Å². The third kappa shape index (κ3) is 5.94. The fourth-order valence-electron chi connectivity index (χ4n) is 3.26. The lowest BCUT2D eigenvalue weighted by Crippen LogP contribution is -2.16. The molecule has 2 aromatic heterocycles. The van der Waals surface area contributed by atoms with Crippen molar-refractivity contribution in [2.75, 3.05) is 25.3 Å². The standard InChI is InChI=1S/C22H24N4O7S3/c1-5-26-15(12-36(30,31)14-9-7-6-8-10-14)24-25-22(26)34-11-16(27)23-19-17(20(28)32-3)13(2)18(35-19)21(29)33-4/h6-10H,5,11-12H2,1-4H3,(H,23,27). The fraction of sp³-hybridized carbons (Fsp3) is 0.318. The van der Waals surface area contributed by atoms with Crippen LogP contribution >= 0.6 is 23.1 Å². The van der Waals surface area contributed by atoms with E-state index in [1.54, 1.807) is 29.7 Å². The molecule has 11 nitrogen and oxygen atoms in total. The Morgan fingerprint density at radius 2 is 1.75 bits per heavy atom. The number of hydrogen-bond acceptors (Lipinski definition) is 11. The summed E-state index contributed by atoms with van der Waals surface area (Å²) in [6.07, 6.45) is 0. The maximum Gasteiger partial charge on any atom is 0.348 e. The minimum absolute atomic E-state index is 0.0754. The number of ether oxygens (including phenoxy) is 2. The average molecular weight is 553 g/mol. The number of thiophene rings is 1. The van der Waals surface area contributed by atoms with Crippen molar-refractivity contribution in [3.05, 3.63) is 52.2 Å². The van der Waals surface area contributed by atoms with Gasteiger partial charge in [0.15, 0.2) is 15.0 Å². The van der Waals surface area contributed by atoms with Crippen molar-refractivity contribution >= 4 is 55.8 Å². The van der Waals surface area contributed by atoms with Crippen molar-refractivity contribution in [3.63, 3.8) is 0 Å². The van der Waals surface area contributed by atoms with Gasteiger partial charge >= 0.3 is 11.9 Å². The first-order chi connectivity index (χ1) is 17.1. The lowest BCUT2D eigenvalue weighted by atomic mass is 10.1. The first-order valence-corrected chi connectivity index (χ1v) is 14.0. The number of aromatic nitrogens is 3. The molecule has 0 aliphatic rings. The first-order valence-electron chi connectivity index (χ1n) is 10.5. The third-order valence-corrected chi connectivity index (χ3v) is 8.81. The Labute approximate surface area is 216 Å². The minimum Gasteiger partial charge on any atom is -0.465 e. The second-order valence-electron chi connectivity index (χ2n) is 7.30. The Morgan fingerprint density at radius 3 is 2.36 bits per heavy atom. The molecule has 0 bridgehead atoms. The van der Waals surface area contributed by atoms with Gasteiger partial charge in [0.2, 0.25) is 5.91 Å². The second-order valence-corrected chi connectivity index (χ2v) is 11.2. The monoisotopic (exact) mass is 552 g/mol. The van der Waals surface area contributed by atoms with Crippen molar-refractivity contribution in [1.82, 2.24) is 14.8 Å². The topological polar surface area (TPSA) is 147 Å². The number of sulfone groups is 1. The van der Waals surface area contributed by atoms with Gasteiger partial charge < -0.3 is 19.4 Å². The highest BCUT2D eigenvalue weighted by atomic mass is 32.2. The van der Waals surface area contributed by atoms with Gasteiger partial charge in [-0.05, 0) is 31.5 Å². The van der Waals surface area contributed by atoms with Crippen molar-refractivity contribution < 1.29 is 32.3 Å². The predicted octanol–water partition coefficient (Wildman–Crippen LogP) is 2.95. The van der Waals surface area contributed by atoms with Gasteiger partial charge in [-0.3, -0.25) is 4.79 Å². The zero-order valence-corrected chi connectivity index (χ0v) is 22.4. The summed E-state index contributed by atoms with van der Waals surface area (Å²) in [7, 11) is -1.20. The van der Waals surface area contributed by atoms with Crippen LogP contribution in [0.25, 0.3) is 0 Å². The number of rotatable bonds is 10. The number of nitrogens with one attached hydrogen (secondary N) is 1. The van der Waals surface area contributed by atoms with Crippen LogP contribution < -0.4 is 5.32 Å². The maximum atomic E-state index is 12.7. The van der Waals surface area contributed by atoms with E-state index in [9.17, 15) is 22.8 Å². The van der Waals surface area contributed by atoms with Gasteiger partial charge in [0.25, 0.3) is 0 Å². The highest BCUT2D eigenvalue weighted by Crippen LogP contribution is 2.34. The van der Waals surface area contributed by atoms with Crippen molar-refractivity contribution in [3.8, 4) is 0 Å². The molecule has 0 unspecified atom stereocenters. The van der Waals surface area contributed by atoms with Gasteiger partial charge in [0.1, 0.15) is 21.5 Å². The van der Waals surface area contributed by atoms with Crippen molar-refractivity contribution in [2.45, 2.75) is 36.2 Å². The number of esters is 2. The molecule has 2 heterocycles. The number of carbonyl (C=O) groups excluding carboxylic acids is 3. The van der Waals surface area contributed by atoms with Crippen LogP contribution in [0.15, 0.2) is 40.4 Å². The molecule has 14 heteroatoms. The Kier molecular flexibility index (Phi) is 8.87. The summed E-state index contributed by atoms with van der Waals surface area (Å²) < 4.78 is 36.6. The van der Waals surface area contributed by atoms with Gasteiger partial charge in [0, 0.05) is 6.54 Å². The van der Waals surface area contributed by atoms with E-state index in [-0.39, 0.29) is 37.7 Å². The van der Waals surface area contributed by atoms with Crippen LogP contribution in [0.2, 0.25) is 0 Å². The number of carbonyl (C=O) groups is 3. The summed E-state index contributed by atoms with van der Waals surface area (Å²) in [4.78, 5) is 37.3. The summed E-state index contributed by atoms with van der Waals surface area (Å²) in [6.45, 7) is 3.78. The van der Waals surface area contributed by atoms with E-state index in [1.807, 2.05) is 6.92 Å². The van der Waals surface area contributed by atoms with Gasteiger partial charge in [-0.15, -0.1) is 21.5 Å². The second kappa shape index (κ2) is 11.7. The molecule has 1 aromatic carbocycles. The molecule has 1 N–H and O–H groups in total. The Balaban J connectivity index is 1.74. The highest BCUT2D eigenvalue weighted by molar-refractivity contribution is 7.99. The molecule has 192 valence electrons. The predicted molar refractivity (Wildman–Crippen MR) is 134 cm³/mol. The average Bonchev–Trinajstić information content (AvgIpc) is 3.41. The summed E-state index contributed by atoms with van der Waals surface area (Å²) in [5.74, 6) is -1.98. The molecule has 3 aromatic rings. The lowest BCUT2D eigenvalue weighted by Gasteiger charge is -2.09. The summed E-state index contributed by atoms with van der Waals surface area (Å²) in [5.41, 5.74) is 0.419. The van der Waals surface area contributed by atoms with E-state index in [1.165, 1.54) is 26.4 Å². The maximum absolute atomic E-state index is 12.7. The quantitative estimate of drug-likeness (QED) is 0.294. The van der Waals surface area contributed by atoms with Gasteiger partial charge in [-0.25, -0.2) is 18.0 Å². The minimum atomic E-state index is -3.62. The van der Waals surface area contributed by atoms with Crippen LogP contribution in [0.3, 0.4) is 0 Å². The highest BCUT2D eigenvalue weighted by Gasteiger charge is 2.27. The van der Waals surface area contributed by atoms with Gasteiger partial charge in [-0.2, -0.15) is 0 Å². The van der Waals surface area contributed by atoms with Crippen molar-refractivity contribution in [1.29, 1.82) is 0 Å². The summed E-state index contributed by atoms with van der Waals surface area (Å²) >= 11 is 1.97. The largest absolute Gasteiger partial charge is 0.465 e. The molecule has 0 aliphatic heterocycles. The molecule has 0 atom stereocenters. The molecular formula is C22H24N4O7S3. The third-order valence-electron chi connectivity index (χ3n) is 5.02. The van der Waals surface area contributed by atoms with Crippen LogP contribution in [0, 0.1) is 6.92 Å². The number of amides is 1. The van der Waals surface area contributed by atoms with Gasteiger partial charge in [0.05, 0.1) is 30.4 Å². The van der Waals surface area contributed by atoms with E-state index in [4.69, 9.17) is 9.47 Å². The molecule has 0 aliphatic carbocycles. The van der Waals surface area contributed by atoms with Gasteiger partial charge in [-0.1, -0.05) is 30.0 Å². The Hall–Kier alpha value is -3.23. The molecule has 0 saturated carbocycles. The lowest BCUT2D eigenvalue weighted by molar-refractivity contribution is -0.113. The molecule has 1 amide bonds. The molecule has 0 saturated heterocycles. The Morgan fingerprint density at radius 1 is 1.08 bits per heavy atom. The summed E-state index contributed by atoms with van der Waals surface area (Å²) in [6, 6.07) is 8.05. The normalized spacial score (nSPS) is 11.2. The molecule has 3 rings (SSSR count). The number of anilines is 1. The molecule has 36 heavy (non-hydrogen) atoms. The smallest absolute Gasteiger partial charge is 0.348 e. The Bertz CT molecular complexity index is 1380. The van der Waals surface area contributed by atoms with E-state index in [0.717, 1.165) is 23.1 Å². The van der Waals surface area contributed by atoms with E-state index < -0.39 is 27.7 Å². The zero-order chi connectivity index (χ0) is 26.5. The summed E-state index contributed by atoms with van der Waals surface area (Å²) in [5, 5.41) is 11.2. The molecule has 0 fully saturated rings. The number of hydrogen-bond donors (Lipinski definition) is 1. The van der Waals surface area contributed by atoms with Crippen LogP contribution in [0.1, 0.15) is 38.3 Å². The number of benzene rings is 1. The van der Waals surface area contributed by atoms with Crippen LogP contribution in [-0.2, 0) is 36.4 Å². The number of thioether (sulfide) groups is 1. The zero-order valence-electron chi connectivity index (χ0n) is 19.9. The molecular weight excluding hydrogens is 528 g/mol. The van der Waals surface area contributed by atoms with Crippen LogP contribution in [-0.4, -0.2) is 61.0 Å². The number of methoxy groups -OCH3 is 2.